The Morgan fingerprint density at radius 1 is 0.852 bits per heavy atom. The van der Waals surface area contributed by atoms with E-state index < -0.39 is 0 Å². The largest absolute Gasteiger partial charge is 0.236 e. The molecule has 0 bridgehead atoms. The minimum Gasteiger partial charge on any atom is -0.236 e. The van der Waals surface area contributed by atoms with Crippen LogP contribution < -0.4 is 0 Å². The zero-order valence-electron chi connectivity index (χ0n) is 14.7. The lowest BCUT2D eigenvalue weighted by Gasteiger charge is -2.09. The van der Waals surface area contributed by atoms with Crippen molar-refractivity contribution in [3.05, 3.63) is 89.7 Å². The van der Waals surface area contributed by atoms with Crippen molar-refractivity contribution in [2.75, 3.05) is 0 Å². The van der Waals surface area contributed by atoms with Crippen molar-refractivity contribution in [1.82, 2.24) is 14.6 Å². The van der Waals surface area contributed by atoms with E-state index in [0.717, 1.165) is 38.7 Å². The second-order valence-corrected chi connectivity index (χ2v) is 7.00. The van der Waals surface area contributed by atoms with Gasteiger partial charge in [0.25, 0.3) is 0 Å². The van der Waals surface area contributed by atoms with Gasteiger partial charge in [-0.25, -0.2) is 9.50 Å². The maximum absolute atomic E-state index is 6.06. The summed E-state index contributed by atoms with van der Waals surface area (Å²) in [6.45, 7) is 2.02. The molecule has 27 heavy (non-hydrogen) atoms. The SMILES string of the molecule is Cc1nn2c(-c3cccc4ccccc34)ccnc2c1-c1ccc(Cl)cc1. The van der Waals surface area contributed by atoms with Crippen LogP contribution in [0.3, 0.4) is 0 Å². The van der Waals surface area contributed by atoms with Gasteiger partial charge in [-0.15, -0.1) is 0 Å². The number of aryl methyl sites for hydroxylation is 1. The first-order valence-electron chi connectivity index (χ1n) is 8.81. The normalized spacial score (nSPS) is 11.3. The number of halogens is 1. The van der Waals surface area contributed by atoms with E-state index in [9.17, 15) is 0 Å². The molecule has 4 heteroatoms. The molecule has 5 aromatic rings. The molecule has 2 aromatic heterocycles. The molecular formula is C23H16ClN3. The van der Waals surface area contributed by atoms with Crippen LogP contribution in [0.2, 0.25) is 5.02 Å². The predicted molar refractivity (Wildman–Crippen MR) is 111 cm³/mol. The summed E-state index contributed by atoms with van der Waals surface area (Å²) in [7, 11) is 0. The van der Waals surface area contributed by atoms with Crippen molar-refractivity contribution in [1.29, 1.82) is 0 Å². The molecule has 5 rings (SSSR count). The fourth-order valence-corrected chi connectivity index (χ4v) is 3.78. The molecule has 0 saturated carbocycles. The zero-order chi connectivity index (χ0) is 18.4. The third kappa shape index (κ3) is 2.59. The molecule has 0 spiro atoms. The van der Waals surface area contributed by atoms with Gasteiger partial charge < -0.3 is 0 Å². The summed E-state index contributed by atoms with van der Waals surface area (Å²) in [5, 5.41) is 7.95. The van der Waals surface area contributed by atoms with Crippen LogP contribution in [0, 0.1) is 6.92 Å². The number of aromatic nitrogens is 3. The number of hydrogen-bond donors (Lipinski definition) is 0. The summed E-state index contributed by atoms with van der Waals surface area (Å²) in [5.74, 6) is 0. The van der Waals surface area contributed by atoms with E-state index in [1.807, 2.05) is 48.0 Å². The van der Waals surface area contributed by atoms with Crippen LogP contribution in [0.4, 0.5) is 0 Å². The molecule has 3 nitrogen and oxygen atoms in total. The predicted octanol–water partition coefficient (Wildman–Crippen LogP) is 6.18. The van der Waals surface area contributed by atoms with Gasteiger partial charge in [0.15, 0.2) is 5.65 Å². The standard InChI is InChI=1S/C23H16ClN3/c1-15-22(17-9-11-18(24)12-10-17)23-25-14-13-21(27(23)26-15)20-8-4-6-16-5-2-3-7-19(16)20/h2-14H,1H3. The van der Waals surface area contributed by atoms with Gasteiger partial charge in [-0.1, -0.05) is 66.2 Å². The number of hydrogen-bond acceptors (Lipinski definition) is 2. The lowest BCUT2D eigenvalue weighted by molar-refractivity contribution is 0.926. The van der Waals surface area contributed by atoms with E-state index in [-0.39, 0.29) is 0 Å². The van der Waals surface area contributed by atoms with Crippen molar-refractivity contribution in [2.24, 2.45) is 0 Å². The van der Waals surface area contributed by atoms with Crippen molar-refractivity contribution in [3.63, 3.8) is 0 Å². The average Bonchev–Trinajstić information content (AvgIpc) is 3.04. The summed E-state index contributed by atoms with van der Waals surface area (Å²) in [5.41, 5.74) is 6.06. The van der Waals surface area contributed by atoms with Gasteiger partial charge in [0.2, 0.25) is 0 Å². The number of benzene rings is 3. The molecule has 130 valence electrons. The van der Waals surface area contributed by atoms with Gasteiger partial charge in [-0.3, -0.25) is 0 Å². The van der Waals surface area contributed by atoms with Crippen molar-refractivity contribution in [3.8, 4) is 22.4 Å². The van der Waals surface area contributed by atoms with Gasteiger partial charge in [0.1, 0.15) is 0 Å². The fourth-order valence-electron chi connectivity index (χ4n) is 3.66. The first kappa shape index (κ1) is 16.0. The van der Waals surface area contributed by atoms with Gasteiger partial charge in [-0.05, 0) is 41.5 Å². The second kappa shape index (κ2) is 6.22. The highest BCUT2D eigenvalue weighted by molar-refractivity contribution is 6.30. The Balaban J connectivity index is 1.80. The van der Waals surface area contributed by atoms with Gasteiger partial charge in [-0.2, -0.15) is 5.10 Å². The molecule has 0 atom stereocenters. The summed E-state index contributed by atoms with van der Waals surface area (Å²) in [6.07, 6.45) is 1.85. The molecule has 0 amide bonds. The number of fused-ring (bicyclic) bond motifs is 2. The van der Waals surface area contributed by atoms with Crippen LogP contribution in [0.5, 0.6) is 0 Å². The molecule has 0 aliphatic carbocycles. The van der Waals surface area contributed by atoms with Gasteiger partial charge in [0, 0.05) is 22.3 Å². The molecule has 0 radical (unpaired) electrons. The minimum atomic E-state index is 0.720. The van der Waals surface area contributed by atoms with Crippen LogP contribution in [0.25, 0.3) is 38.8 Å². The number of nitrogens with zero attached hydrogens (tertiary/aromatic N) is 3. The van der Waals surface area contributed by atoms with Gasteiger partial charge >= 0.3 is 0 Å². The molecule has 0 N–H and O–H groups in total. The zero-order valence-corrected chi connectivity index (χ0v) is 15.5. The fraction of sp³-hybridized carbons (Fsp3) is 0.0435. The van der Waals surface area contributed by atoms with Crippen LogP contribution in [0.15, 0.2) is 79.0 Å². The lowest BCUT2D eigenvalue weighted by Crippen LogP contribution is -1.96. The molecule has 0 saturated heterocycles. The molecule has 0 aliphatic rings. The summed E-state index contributed by atoms with van der Waals surface area (Å²) in [6, 6.07) is 24.6. The van der Waals surface area contributed by atoms with Crippen LogP contribution >= 0.6 is 11.6 Å². The molecule has 0 fully saturated rings. The first-order chi connectivity index (χ1) is 13.2. The molecule has 3 aromatic carbocycles. The molecule has 0 unspecified atom stereocenters. The van der Waals surface area contributed by atoms with E-state index in [0.29, 0.717) is 0 Å². The second-order valence-electron chi connectivity index (χ2n) is 6.56. The van der Waals surface area contributed by atoms with Crippen molar-refractivity contribution < 1.29 is 0 Å². The van der Waals surface area contributed by atoms with E-state index in [4.69, 9.17) is 16.7 Å². The highest BCUT2D eigenvalue weighted by Crippen LogP contribution is 2.33. The number of rotatable bonds is 2. The van der Waals surface area contributed by atoms with Crippen LogP contribution in [0.1, 0.15) is 5.69 Å². The third-order valence-electron chi connectivity index (χ3n) is 4.89. The van der Waals surface area contributed by atoms with E-state index >= 15 is 0 Å². The molecule has 2 heterocycles. The molecule has 0 aliphatic heterocycles. The Labute approximate surface area is 161 Å². The van der Waals surface area contributed by atoms with E-state index in [1.165, 1.54) is 10.8 Å². The van der Waals surface area contributed by atoms with Crippen molar-refractivity contribution in [2.45, 2.75) is 6.92 Å². The van der Waals surface area contributed by atoms with E-state index in [2.05, 4.69) is 47.4 Å². The highest BCUT2D eigenvalue weighted by Gasteiger charge is 2.16. The maximum atomic E-state index is 6.06. The summed E-state index contributed by atoms with van der Waals surface area (Å²) >= 11 is 6.06. The minimum absolute atomic E-state index is 0.720. The summed E-state index contributed by atoms with van der Waals surface area (Å²) < 4.78 is 1.95. The Kier molecular flexibility index (Phi) is 3.69. The summed E-state index contributed by atoms with van der Waals surface area (Å²) in [4.78, 5) is 4.63. The quantitative estimate of drug-likeness (QED) is 0.372. The van der Waals surface area contributed by atoms with Crippen molar-refractivity contribution >= 4 is 28.0 Å². The van der Waals surface area contributed by atoms with E-state index in [1.54, 1.807) is 0 Å². The lowest BCUT2D eigenvalue weighted by atomic mass is 10.0. The average molecular weight is 370 g/mol. The molecular weight excluding hydrogens is 354 g/mol. The Morgan fingerprint density at radius 3 is 2.48 bits per heavy atom. The van der Waals surface area contributed by atoms with Crippen LogP contribution in [-0.2, 0) is 0 Å². The Bertz CT molecular complexity index is 1280. The maximum Gasteiger partial charge on any atom is 0.163 e. The first-order valence-corrected chi connectivity index (χ1v) is 9.18. The highest BCUT2D eigenvalue weighted by atomic mass is 35.5. The third-order valence-corrected chi connectivity index (χ3v) is 5.14. The Hall–Kier alpha value is -3.17. The van der Waals surface area contributed by atoms with Gasteiger partial charge in [0.05, 0.1) is 11.4 Å². The van der Waals surface area contributed by atoms with Crippen LogP contribution in [-0.4, -0.2) is 14.6 Å². The monoisotopic (exact) mass is 369 g/mol. The Morgan fingerprint density at radius 2 is 1.63 bits per heavy atom. The topological polar surface area (TPSA) is 30.2 Å². The smallest absolute Gasteiger partial charge is 0.163 e.